The minimum atomic E-state index is -0.293. The number of hydrogen-bond donors (Lipinski definition) is 4. The van der Waals surface area contributed by atoms with Crippen molar-refractivity contribution in [2.45, 2.75) is 19.4 Å². The van der Waals surface area contributed by atoms with Crippen LogP contribution in [0.5, 0.6) is 0 Å². The van der Waals surface area contributed by atoms with E-state index in [4.69, 9.17) is 6.57 Å². The van der Waals surface area contributed by atoms with Gasteiger partial charge in [0.05, 0.1) is 35.9 Å². The third-order valence-electron chi connectivity index (χ3n) is 4.99. The minimum absolute atomic E-state index is 0.0886. The summed E-state index contributed by atoms with van der Waals surface area (Å²) in [6, 6.07) is 14.8. The van der Waals surface area contributed by atoms with Crippen molar-refractivity contribution in [2.75, 3.05) is 11.9 Å². The topological polar surface area (TPSA) is 98.2 Å². The molecule has 0 bridgehead atoms. The van der Waals surface area contributed by atoms with Gasteiger partial charge in [0.25, 0.3) is 5.56 Å². The predicted octanol–water partition coefficient (Wildman–Crippen LogP) is 3.79. The second kappa shape index (κ2) is 8.23. The number of hydrogen-bond acceptors (Lipinski definition) is 4. The smallest absolute Gasteiger partial charge is 0.261 e. The minimum Gasteiger partial charge on any atom is -0.394 e. The average Bonchev–Trinajstić information content (AvgIpc) is 3.18. The SMILES string of the molecule is [C-]#[N+]c1cc(C)c2nc(-c3c(N[C@H](CO)Cc4ccccc4)cc[nH]c3=O)[nH]c2c1. The van der Waals surface area contributed by atoms with Crippen molar-refractivity contribution in [3.05, 3.63) is 87.6 Å². The molecular weight excluding hydrogens is 378 g/mol. The molecule has 2 aromatic heterocycles. The van der Waals surface area contributed by atoms with Gasteiger partial charge in [0.1, 0.15) is 11.4 Å². The van der Waals surface area contributed by atoms with Crippen LogP contribution in [0.15, 0.2) is 59.5 Å². The van der Waals surface area contributed by atoms with Crippen LogP contribution in [0.3, 0.4) is 0 Å². The van der Waals surface area contributed by atoms with Crippen molar-refractivity contribution in [3.8, 4) is 11.4 Å². The van der Waals surface area contributed by atoms with Crippen LogP contribution in [0.25, 0.3) is 27.3 Å². The van der Waals surface area contributed by atoms with Gasteiger partial charge in [0.2, 0.25) is 0 Å². The van der Waals surface area contributed by atoms with E-state index in [1.54, 1.807) is 24.4 Å². The molecule has 150 valence electrons. The lowest BCUT2D eigenvalue weighted by atomic mass is 10.1. The number of anilines is 1. The van der Waals surface area contributed by atoms with Gasteiger partial charge in [-0.25, -0.2) is 9.83 Å². The number of aryl methyl sites for hydroxylation is 1. The lowest BCUT2D eigenvalue weighted by molar-refractivity contribution is 0.274. The number of H-pyrrole nitrogens is 2. The van der Waals surface area contributed by atoms with E-state index >= 15 is 0 Å². The molecule has 0 fully saturated rings. The maximum absolute atomic E-state index is 12.7. The van der Waals surface area contributed by atoms with Gasteiger partial charge < -0.3 is 20.4 Å². The molecule has 0 amide bonds. The summed E-state index contributed by atoms with van der Waals surface area (Å²) in [5, 5.41) is 13.2. The first kappa shape index (κ1) is 19.4. The Morgan fingerprint density at radius 2 is 2.03 bits per heavy atom. The maximum atomic E-state index is 12.7. The Bertz CT molecular complexity index is 1280. The number of aromatic amines is 2. The van der Waals surface area contributed by atoms with Crippen LogP contribution in [-0.4, -0.2) is 32.7 Å². The highest BCUT2D eigenvalue weighted by Crippen LogP contribution is 2.29. The number of nitrogens with zero attached hydrogens (tertiary/aromatic N) is 2. The van der Waals surface area contributed by atoms with E-state index in [-0.39, 0.29) is 18.2 Å². The highest BCUT2D eigenvalue weighted by Gasteiger charge is 2.18. The van der Waals surface area contributed by atoms with Gasteiger partial charge in [0, 0.05) is 6.20 Å². The van der Waals surface area contributed by atoms with Gasteiger partial charge in [-0.15, -0.1) is 0 Å². The van der Waals surface area contributed by atoms with Gasteiger partial charge in [-0.05, 0) is 36.6 Å². The fraction of sp³-hybridized carbons (Fsp3) is 0.174. The van der Waals surface area contributed by atoms with E-state index in [0.717, 1.165) is 16.6 Å². The largest absolute Gasteiger partial charge is 0.394 e. The van der Waals surface area contributed by atoms with Crippen LogP contribution >= 0.6 is 0 Å². The van der Waals surface area contributed by atoms with E-state index in [1.165, 1.54) is 0 Å². The fourth-order valence-corrected chi connectivity index (χ4v) is 3.57. The summed E-state index contributed by atoms with van der Waals surface area (Å²) in [7, 11) is 0. The Morgan fingerprint density at radius 1 is 1.23 bits per heavy atom. The van der Waals surface area contributed by atoms with Gasteiger partial charge in [0.15, 0.2) is 5.69 Å². The van der Waals surface area contributed by atoms with Crippen molar-refractivity contribution in [2.24, 2.45) is 0 Å². The van der Waals surface area contributed by atoms with Crippen LogP contribution in [0.2, 0.25) is 0 Å². The molecule has 0 aliphatic carbocycles. The molecule has 7 heteroatoms. The molecule has 0 radical (unpaired) electrons. The molecule has 4 aromatic rings. The average molecular weight is 399 g/mol. The maximum Gasteiger partial charge on any atom is 0.261 e. The van der Waals surface area contributed by atoms with Gasteiger partial charge in [-0.1, -0.05) is 36.4 Å². The molecule has 0 aliphatic rings. The summed E-state index contributed by atoms with van der Waals surface area (Å²) in [5.41, 5.74) is 4.53. The summed E-state index contributed by atoms with van der Waals surface area (Å²) in [6.07, 6.45) is 2.17. The Hall–Kier alpha value is -3.89. The van der Waals surface area contributed by atoms with Crippen molar-refractivity contribution in [3.63, 3.8) is 0 Å². The molecule has 2 aromatic carbocycles. The van der Waals surface area contributed by atoms with Crippen molar-refractivity contribution in [1.29, 1.82) is 0 Å². The number of nitrogens with one attached hydrogen (secondary N) is 3. The molecule has 4 rings (SSSR count). The number of aliphatic hydroxyl groups is 1. The molecule has 0 saturated carbocycles. The Balaban J connectivity index is 1.73. The standard InChI is InChI=1S/C23H21N5O2/c1-14-10-16(24-2)12-19-21(14)28-22(27-19)20-18(8-9-25-23(20)30)26-17(13-29)11-15-6-4-3-5-7-15/h3-10,12,17,29H,11,13H2,1H3,(H,27,28)(H2,25,26,30)/t17-/m0/s1. The first-order valence-corrected chi connectivity index (χ1v) is 9.60. The van der Waals surface area contributed by atoms with Gasteiger partial charge in [-0.2, -0.15) is 0 Å². The third-order valence-corrected chi connectivity index (χ3v) is 4.99. The molecule has 0 saturated heterocycles. The third kappa shape index (κ3) is 3.81. The predicted molar refractivity (Wildman–Crippen MR) is 118 cm³/mol. The second-order valence-electron chi connectivity index (χ2n) is 7.17. The zero-order valence-electron chi connectivity index (χ0n) is 16.4. The van der Waals surface area contributed by atoms with Gasteiger partial charge >= 0.3 is 0 Å². The summed E-state index contributed by atoms with van der Waals surface area (Å²) in [4.78, 5) is 26.7. The molecular formula is C23H21N5O2. The molecule has 1 atom stereocenters. The number of imidazole rings is 1. The lowest BCUT2D eigenvalue weighted by Crippen LogP contribution is -2.28. The van der Waals surface area contributed by atoms with E-state index in [0.29, 0.717) is 34.7 Å². The van der Waals surface area contributed by atoms with E-state index in [9.17, 15) is 9.90 Å². The van der Waals surface area contributed by atoms with Crippen molar-refractivity contribution < 1.29 is 5.11 Å². The number of benzene rings is 2. The quantitative estimate of drug-likeness (QED) is 0.371. The summed E-state index contributed by atoms with van der Waals surface area (Å²) in [5.74, 6) is 0.413. The summed E-state index contributed by atoms with van der Waals surface area (Å²) < 4.78 is 0. The summed E-state index contributed by atoms with van der Waals surface area (Å²) in [6.45, 7) is 9.05. The number of fused-ring (bicyclic) bond motifs is 1. The van der Waals surface area contributed by atoms with Crippen LogP contribution in [-0.2, 0) is 6.42 Å². The second-order valence-corrected chi connectivity index (χ2v) is 7.17. The molecule has 0 spiro atoms. The monoisotopic (exact) mass is 399 g/mol. The zero-order chi connectivity index (χ0) is 21.1. The number of aliphatic hydroxyl groups excluding tert-OH is 1. The molecule has 0 aliphatic heterocycles. The highest BCUT2D eigenvalue weighted by atomic mass is 16.3. The Morgan fingerprint density at radius 3 is 2.77 bits per heavy atom. The van der Waals surface area contributed by atoms with Gasteiger partial charge in [-0.3, -0.25) is 4.79 Å². The zero-order valence-corrected chi connectivity index (χ0v) is 16.4. The lowest BCUT2D eigenvalue weighted by Gasteiger charge is -2.19. The fourth-order valence-electron chi connectivity index (χ4n) is 3.57. The van der Waals surface area contributed by atoms with Crippen molar-refractivity contribution >= 4 is 22.4 Å². The van der Waals surface area contributed by atoms with E-state index in [1.807, 2.05) is 37.3 Å². The van der Waals surface area contributed by atoms with Crippen LogP contribution in [0, 0.1) is 13.5 Å². The molecule has 0 unspecified atom stereocenters. The molecule has 30 heavy (non-hydrogen) atoms. The number of aromatic nitrogens is 3. The molecule has 2 heterocycles. The van der Waals surface area contributed by atoms with Crippen LogP contribution in [0.4, 0.5) is 11.4 Å². The molecule has 7 nitrogen and oxygen atoms in total. The normalized spacial score (nSPS) is 11.9. The molecule has 4 N–H and O–H groups in total. The number of rotatable bonds is 6. The van der Waals surface area contributed by atoms with Crippen molar-refractivity contribution in [1.82, 2.24) is 15.0 Å². The number of pyridine rings is 1. The van der Waals surface area contributed by atoms with E-state index in [2.05, 4.69) is 25.1 Å². The Kier molecular flexibility index (Phi) is 5.33. The summed E-state index contributed by atoms with van der Waals surface area (Å²) >= 11 is 0. The van der Waals surface area contributed by atoms with E-state index < -0.39 is 0 Å². The first-order chi connectivity index (χ1) is 14.6. The highest BCUT2D eigenvalue weighted by molar-refractivity contribution is 5.87. The Labute approximate surface area is 173 Å². The first-order valence-electron chi connectivity index (χ1n) is 9.60. The van der Waals surface area contributed by atoms with Crippen LogP contribution in [0.1, 0.15) is 11.1 Å². The van der Waals surface area contributed by atoms with Crippen LogP contribution < -0.4 is 10.9 Å².